The SMILES string of the molecule is CN(Cc1nc2ccc(F)cc2[nH]1)C(=O)CN(C)C1CCS(=O)(=O)C1. The van der Waals surface area contributed by atoms with E-state index in [1.54, 1.807) is 25.1 Å². The first-order valence-corrected chi connectivity index (χ1v) is 9.84. The maximum absolute atomic E-state index is 13.2. The first-order chi connectivity index (χ1) is 11.7. The van der Waals surface area contributed by atoms with Crippen molar-refractivity contribution in [2.24, 2.45) is 0 Å². The minimum atomic E-state index is -2.98. The fourth-order valence-corrected chi connectivity index (χ4v) is 4.81. The van der Waals surface area contributed by atoms with Crippen molar-refractivity contribution in [3.05, 3.63) is 29.8 Å². The van der Waals surface area contributed by atoms with Crippen LogP contribution in [-0.2, 0) is 21.2 Å². The molecular formula is C16H21FN4O3S. The van der Waals surface area contributed by atoms with Gasteiger partial charge in [0.15, 0.2) is 9.84 Å². The predicted octanol–water partition coefficient (Wildman–Crippen LogP) is 0.779. The van der Waals surface area contributed by atoms with E-state index in [9.17, 15) is 17.6 Å². The zero-order valence-corrected chi connectivity index (χ0v) is 15.0. The van der Waals surface area contributed by atoms with Crippen molar-refractivity contribution in [2.45, 2.75) is 19.0 Å². The molecule has 2 heterocycles. The van der Waals surface area contributed by atoms with Crippen molar-refractivity contribution in [3.8, 4) is 0 Å². The lowest BCUT2D eigenvalue weighted by Gasteiger charge is -2.25. The van der Waals surface area contributed by atoms with Gasteiger partial charge in [0.2, 0.25) is 5.91 Å². The van der Waals surface area contributed by atoms with Crippen LogP contribution in [0.5, 0.6) is 0 Å². The van der Waals surface area contributed by atoms with E-state index in [2.05, 4.69) is 9.97 Å². The lowest BCUT2D eigenvalue weighted by atomic mass is 10.2. The molecule has 1 amide bonds. The van der Waals surface area contributed by atoms with Crippen LogP contribution in [0.2, 0.25) is 0 Å². The molecule has 1 atom stereocenters. The number of halogens is 1. The molecule has 0 radical (unpaired) electrons. The molecule has 1 N–H and O–H groups in total. The third-order valence-electron chi connectivity index (χ3n) is 4.52. The number of imidazole rings is 1. The van der Waals surface area contributed by atoms with E-state index >= 15 is 0 Å². The Morgan fingerprint density at radius 1 is 1.40 bits per heavy atom. The molecule has 1 unspecified atom stereocenters. The highest BCUT2D eigenvalue weighted by molar-refractivity contribution is 7.91. The summed E-state index contributed by atoms with van der Waals surface area (Å²) in [5, 5.41) is 0. The summed E-state index contributed by atoms with van der Waals surface area (Å²) in [6, 6.07) is 4.17. The number of aromatic amines is 1. The molecule has 1 fully saturated rings. The van der Waals surface area contributed by atoms with Gasteiger partial charge in [-0.2, -0.15) is 0 Å². The number of benzene rings is 1. The molecular weight excluding hydrogens is 347 g/mol. The molecule has 1 saturated heterocycles. The van der Waals surface area contributed by atoms with E-state index in [0.717, 1.165) is 0 Å². The highest BCUT2D eigenvalue weighted by atomic mass is 32.2. The lowest BCUT2D eigenvalue weighted by Crippen LogP contribution is -2.41. The zero-order chi connectivity index (χ0) is 18.2. The largest absolute Gasteiger partial charge is 0.340 e. The number of sulfone groups is 1. The van der Waals surface area contributed by atoms with Gasteiger partial charge in [-0.3, -0.25) is 9.69 Å². The van der Waals surface area contributed by atoms with Crippen molar-refractivity contribution in [1.82, 2.24) is 19.8 Å². The van der Waals surface area contributed by atoms with Crippen LogP contribution in [0.15, 0.2) is 18.2 Å². The summed E-state index contributed by atoms with van der Waals surface area (Å²) in [5.41, 5.74) is 1.23. The Labute approximate surface area is 145 Å². The predicted molar refractivity (Wildman–Crippen MR) is 92.2 cm³/mol. The Bertz CT molecular complexity index is 896. The van der Waals surface area contributed by atoms with Gasteiger partial charge in [-0.1, -0.05) is 0 Å². The average molecular weight is 368 g/mol. The van der Waals surface area contributed by atoms with Gasteiger partial charge in [0, 0.05) is 13.1 Å². The summed E-state index contributed by atoms with van der Waals surface area (Å²) >= 11 is 0. The summed E-state index contributed by atoms with van der Waals surface area (Å²) < 4.78 is 36.3. The third kappa shape index (κ3) is 4.16. The smallest absolute Gasteiger partial charge is 0.236 e. The molecule has 0 spiro atoms. The van der Waals surface area contributed by atoms with Gasteiger partial charge < -0.3 is 9.88 Å². The summed E-state index contributed by atoms with van der Waals surface area (Å²) in [6.07, 6.45) is 0.560. The highest BCUT2D eigenvalue weighted by Gasteiger charge is 2.31. The number of rotatable bonds is 5. The Kier molecular flexibility index (Phi) is 4.79. The molecule has 0 aliphatic carbocycles. The summed E-state index contributed by atoms with van der Waals surface area (Å²) in [7, 11) is 0.451. The molecule has 136 valence electrons. The van der Waals surface area contributed by atoms with E-state index in [-0.39, 0.29) is 42.4 Å². The molecule has 1 aliphatic rings. The number of nitrogens with one attached hydrogen (secondary N) is 1. The van der Waals surface area contributed by atoms with Crippen molar-refractivity contribution in [1.29, 1.82) is 0 Å². The van der Waals surface area contributed by atoms with Crippen LogP contribution in [0, 0.1) is 5.82 Å². The van der Waals surface area contributed by atoms with Gasteiger partial charge in [0.25, 0.3) is 0 Å². The molecule has 7 nitrogen and oxygen atoms in total. The Morgan fingerprint density at radius 3 is 2.84 bits per heavy atom. The summed E-state index contributed by atoms with van der Waals surface area (Å²) in [4.78, 5) is 23.0. The van der Waals surface area contributed by atoms with Crippen molar-refractivity contribution >= 4 is 26.8 Å². The molecule has 1 aromatic carbocycles. The fraction of sp³-hybridized carbons (Fsp3) is 0.500. The topological polar surface area (TPSA) is 86.4 Å². The van der Waals surface area contributed by atoms with Gasteiger partial charge >= 0.3 is 0 Å². The molecule has 2 aromatic rings. The quantitative estimate of drug-likeness (QED) is 0.843. The number of likely N-dealkylation sites (N-methyl/N-ethyl adjacent to an activating group) is 2. The molecule has 1 aromatic heterocycles. The fourth-order valence-electron chi connectivity index (χ4n) is 3.01. The first kappa shape index (κ1) is 17.8. The number of carbonyl (C=O) groups excluding carboxylic acids is 1. The highest BCUT2D eigenvalue weighted by Crippen LogP contribution is 2.17. The molecule has 3 rings (SSSR count). The average Bonchev–Trinajstić information content (AvgIpc) is 3.08. The number of amides is 1. The second kappa shape index (κ2) is 6.72. The number of hydrogen-bond donors (Lipinski definition) is 1. The van der Waals surface area contributed by atoms with E-state index in [1.807, 2.05) is 0 Å². The Balaban J connectivity index is 1.60. The van der Waals surface area contributed by atoms with Crippen LogP contribution in [0.3, 0.4) is 0 Å². The normalized spacial score (nSPS) is 19.6. The van der Waals surface area contributed by atoms with Gasteiger partial charge in [-0.05, 0) is 31.7 Å². The monoisotopic (exact) mass is 368 g/mol. The van der Waals surface area contributed by atoms with Crippen LogP contribution in [0.1, 0.15) is 12.2 Å². The van der Waals surface area contributed by atoms with E-state index < -0.39 is 9.84 Å². The third-order valence-corrected chi connectivity index (χ3v) is 6.27. The van der Waals surface area contributed by atoms with E-state index in [4.69, 9.17) is 0 Å². The van der Waals surface area contributed by atoms with Crippen LogP contribution in [0.25, 0.3) is 11.0 Å². The zero-order valence-electron chi connectivity index (χ0n) is 14.2. The van der Waals surface area contributed by atoms with Gasteiger partial charge in [0.1, 0.15) is 11.6 Å². The van der Waals surface area contributed by atoms with Crippen LogP contribution < -0.4 is 0 Å². The maximum Gasteiger partial charge on any atom is 0.236 e. The standard InChI is InChI=1S/C16H21FN4O3S/c1-20(12-5-6-25(23,24)10-12)9-16(22)21(2)8-15-18-13-4-3-11(17)7-14(13)19-15/h3-4,7,12H,5-6,8-10H2,1-2H3,(H,18,19). The number of hydrogen-bond acceptors (Lipinski definition) is 5. The molecule has 1 aliphatic heterocycles. The van der Waals surface area contributed by atoms with Crippen molar-refractivity contribution in [3.63, 3.8) is 0 Å². The summed E-state index contributed by atoms with van der Waals surface area (Å²) in [5.74, 6) is 0.387. The molecule has 9 heteroatoms. The number of aromatic nitrogens is 2. The van der Waals surface area contributed by atoms with Gasteiger partial charge in [-0.15, -0.1) is 0 Å². The van der Waals surface area contributed by atoms with Crippen LogP contribution in [0.4, 0.5) is 4.39 Å². The second-order valence-corrected chi connectivity index (χ2v) is 8.80. The number of nitrogens with zero attached hydrogens (tertiary/aromatic N) is 3. The molecule has 0 bridgehead atoms. The minimum Gasteiger partial charge on any atom is -0.340 e. The number of carbonyl (C=O) groups is 1. The number of fused-ring (bicyclic) bond motifs is 1. The lowest BCUT2D eigenvalue weighted by molar-refractivity contribution is -0.131. The van der Waals surface area contributed by atoms with E-state index in [1.165, 1.54) is 17.0 Å². The van der Waals surface area contributed by atoms with E-state index in [0.29, 0.717) is 23.3 Å². The maximum atomic E-state index is 13.2. The minimum absolute atomic E-state index is 0.107. The van der Waals surface area contributed by atoms with Gasteiger partial charge in [0.05, 0.1) is 35.6 Å². The van der Waals surface area contributed by atoms with Gasteiger partial charge in [-0.25, -0.2) is 17.8 Å². The molecule has 0 saturated carbocycles. The Morgan fingerprint density at radius 2 is 2.16 bits per heavy atom. The Hall–Kier alpha value is -2.00. The van der Waals surface area contributed by atoms with Crippen LogP contribution >= 0.6 is 0 Å². The second-order valence-electron chi connectivity index (χ2n) is 6.57. The van der Waals surface area contributed by atoms with Crippen molar-refractivity contribution < 1.29 is 17.6 Å². The summed E-state index contributed by atoms with van der Waals surface area (Å²) in [6.45, 7) is 0.414. The molecule has 25 heavy (non-hydrogen) atoms. The van der Waals surface area contributed by atoms with Crippen molar-refractivity contribution in [2.75, 3.05) is 32.1 Å². The first-order valence-electron chi connectivity index (χ1n) is 8.02. The number of H-pyrrole nitrogens is 1. The van der Waals surface area contributed by atoms with Crippen LogP contribution in [-0.4, -0.2) is 72.3 Å².